The van der Waals surface area contributed by atoms with Crippen LogP contribution in [-0.2, 0) is 0 Å². The molecule has 2 aromatic carbocycles. The zero-order valence-corrected chi connectivity index (χ0v) is 14.6. The molecule has 0 atom stereocenters. The molecule has 26 heavy (non-hydrogen) atoms. The summed E-state index contributed by atoms with van der Waals surface area (Å²) in [5, 5.41) is 14.4. The van der Waals surface area contributed by atoms with Crippen molar-refractivity contribution in [3.63, 3.8) is 0 Å². The number of aryl methyl sites for hydroxylation is 1. The fourth-order valence-corrected chi connectivity index (χ4v) is 3.18. The van der Waals surface area contributed by atoms with Gasteiger partial charge in [0.2, 0.25) is 0 Å². The highest BCUT2D eigenvalue weighted by Gasteiger charge is 2.18. The molecule has 3 aromatic rings. The van der Waals surface area contributed by atoms with E-state index in [2.05, 4.69) is 25.7 Å². The molecule has 1 aliphatic rings. The minimum Gasteiger partial charge on any atom is -0.370 e. The lowest BCUT2D eigenvalue weighted by atomic mass is 10.1. The molecule has 1 aliphatic heterocycles. The lowest BCUT2D eigenvalue weighted by Crippen LogP contribution is -2.21. The molecule has 4 rings (SSSR count). The number of hydrogen-bond donors (Lipinski definition) is 1. The van der Waals surface area contributed by atoms with Crippen LogP contribution in [0.1, 0.15) is 28.8 Å². The zero-order chi connectivity index (χ0) is 17.9. The largest absolute Gasteiger partial charge is 0.370 e. The van der Waals surface area contributed by atoms with Gasteiger partial charge in [-0.1, -0.05) is 17.7 Å². The van der Waals surface area contributed by atoms with Crippen molar-refractivity contribution < 1.29 is 4.79 Å². The third kappa shape index (κ3) is 3.28. The number of carbonyl (C=O) groups excluding carboxylic acids is 1. The van der Waals surface area contributed by atoms with E-state index >= 15 is 0 Å². The van der Waals surface area contributed by atoms with Crippen molar-refractivity contribution in [2.75, 3.05) is 23.3 Å². The number of anilines is 2. The number of nitrogens with one attached hydrogen (secondary N) is 1. The topological polar surface area (TPSA) is 75.9 Å². The molecule has 0 saturated carbocycles. The summed E-state index contributed by atoms with van der Waals surface area (Å²) < 4.78 is 1.58. The van der Waals surface area contributed by atoms with E-state index in [0.29, 0.717) is 5.56 Å². The molecular formula is C19H20N6O. The molecule has 0 spiro atoms. The summed E-state index contributed by atoms with van der Waals surface area (Å²) in [4.78, 5) is 15.0. The van der Waals surface area contributed by atoms with E-state index in [1.165, 1.54) is 19.2 Å². The first kappa shape index (κ1) is 16.3. The summed E-state index contributed by atoms with van der Waals surface area (Å²) in [6, 6.07) is 13.5. The van der Waals surface area contributed by atoms with E-state index in [1.54, 1.807) is 4.68 Å². The van der Waals surface area contributed by atoms with Gasteiger partial charge >= 0.3 is 0 Å². The van der Waals surface area contributed by atoms with Crippen molar-refractivity contribution in [3.05, 3.63) is 59.9 Å². The van der Waals surface area contributed by atoms with Crippen molar-refractivity contribution in [3.8, 4) is 5.69 Å². The lowest BCUT2D eigenvalue weighted by molar-refractivity contribution is 0.102. The van der Waals surface area contributed by atoms with Gasteiger partial charge in [0.05, 0.1) is 17.1 Å². The van der Waals surface area contributed by atoms with E-state index in [-0.39, 0.29) is 5.91 Å². The van der Waals surface area contributed by atoms with Gasteiger partial charge in [-0.05, 0) is 60.5 Å². The summed E-state index contributed by atoms with van der Waals surface area (Å²) in [6.07, 6.45) is 3.87. The maximum atomic E-state index is 12.7. The van der Waals surface area contributed by atoms with Gasteiger partial charge in [0.15, 0.2) is 0 Å². The first-order valence-corrected chi connectivity index (χ1v) is 8.71. The molecule has 0 radical (unpaired) electrons. The lowest BCUT2D eigenvalue weighted by Gasteiger charge is -2.22. The Morgan fingerprint density at radius 1 is 1.08 bits per heavy atom. The van der Waals surface area contributed by atoms with Crippen molar-refractivity contribution in [1.82, 2.24) is 20.2 Å². The Morgan fingerprint density at radius 3 is 2.54 bits per heavy atom. The Balaban J connectivity index is 1.67. The second-order valence-corrected chi connectivity index (χ2v) is 6.47. The van der Waals surface area contributed by atoms with Crippen LogP contribution < -0.4 is 10.2 Å². The number of amides is 1. The summed E-state index contributed by atoms with van der Waals surface area (Å²) in [5.74, 6) is -0.126. The van der Waals surface area contributed by atoms with Crippen LogP contribution in [0, 0.1) is 6.92 Å². The van der Waals surface area contributed by atoms with Crippen LogP contribution in [-0.4, -0.2) is 39.2 Å². The average molecular weight is 348 g/mol. The highest BCUT2D eigenvalue weighted by Crippen LogP contribution is 2.31. The van der Waals surface area contributed by atoms with Gasteiger partial charge < -0.3 is 10.2 Å². The van der Waals surface area contributed by atoms with E-state index in [1.807, 2.05) is 49.4 Å². The average Bonchev–Trinajstić information content (AvgIpc) is 3.36. The molecule has 7 heteroatoms. The minimum absolute atomic E-state index is 0.126. The molecule has 0 unspecified atom stereocenters. The SMILES string of the molecule is Cc1ccc(C(=O)Nc2cc(-n3cnnn3)ccc2N2CCCC2)cc1. The van der Waals surface area contributed by atoms with Gasteiger partial charge in [-0.15, -0.1) is 5.10 Å². The van der Waals surface area contributed by atoms with Crippen LogP contribution in [0.15, 0.2) is 48.8 Å². The fraction of sp³-hybridized carbons (Fsp3) is 0.263. The second-order valence-electron chi connectivity index (χ2n) is 6.47. The van der Waals surface area contributed by atoms with Gasteiger partial charge in [0.25, 0.3) is 5.91 Å². The van der Waals surface area contributed by atoms with Crippen LogP contribution in [0.2, 0.25) is 0 Å². The van der Waals surface area contributed by atoms with Crippen molar-refractivity contribution in [2.24, 2.45) is 0 Å². The van der Waals surface area contributed by atoms with Gasteiger partial charge in [-0.25, -0.2) is 4.68 Å². The van der Waals surface area contributed by atoms with Crippen molar-refractivity contribution in [2.45, 2.75) is 19.8 Å². The Morgan fingerprint density at radius 2 is 1.85 bits per heavy atom. The van der Waals surface area contributed by atoms with Crippen LogP contribution >= 0.6 is 0 Å². The molecule has 132 valence electrons. The molecule has 1 amide bonds. The number of aromatic nitrogens is 4. The number of tetrazole rings is 1. The summed E-state index contributed by atoms with van der Waals surface area (Å²) >= 11 is 0. The molecule has 0 aliphatic carbocycles. The maximum Gasteiger partial charge on any atom is 0.255 e. The predicted molar refractivity (Wildman–Crippen MR) is 99.7 cm³/mol. The maximum absolute atomic E-state index is 12.7. The Bertz CT molecular complexity index is 898. The Kier molecular flexibility index (Phi) is 4.35. The smallest absolute Gasteiger partial charge is 0.255 e. The molecule has 1 saturated heterocycles. The van der Waals surface area contributed by atoms with Crippen LogP contribution in [0.3, 0.4) is 0 Å². The number of nitrogens with zero attached hydrogens (tertiary/aromatic N) is 5. The van der Waals surface area contributed by atoms with E-state index in [0.717, 1.165) is 35.7 Å². The van der Waals surface area contributed by atoms with Gasteiger partial charge in [0.1, 0.15) is 6.33 Å². The van der Waals surface area contributed by atoms with Crippen molar-refractivity contribution >= 4 is 17.3 Å². The summed E-state index contributed by atoms with van der Waals surface area (Å²) in [5.41, 5.74) is 4.36. The summed E-state index contributed by atoms with van der Waals surface area (Å²) in [7, 11) is 0. The number of benzene rings is 2. The fourth-order valence-electron chi connectivity index (χ4n) is 3.18. The first-order chi connectivity index (χ1) is 12.7. The highest BCUT2D eigenvalue weighted by atomic mass is 16.1. The predicted octanol–water partition coefficient (Wildman–Crippen LogP) is 2.82. The molecule has 2 heterocycles. The third-order valence-electron chi connectivity index (χ3n) is 4.60. The molecule has 7 nitrogen and oxygen atoms in total. The quantitative estimate of drug-likeness (QED) is 0.785. The van der Waals surface area contributed by atoms with E-state index in [4.69, 9.17) is 0 Å². The van der Waals surface area contributed by atoms with Crippen LogP contribution in [0.25, 0.3) is 5.69 Å². The Hall–Kier alpha value is -3.22. The second kappa shape index (κ2) is 6.95. The molecule has 1 fully saturated rings. The standard InChI is InChI=1S/C19H20N6O/c1-14-4-6-15(7-5-14)19(26)21-17-12-16(25-13-20-22-23-25)8-9-18(17)24-10-2-3-11-24/h4-9,12-13H,2-3,10-11H2,1H3,(H,21,26). The molecular weight excluding hydrogens is 328 g/mol. The normalized spacial score (nSPS) is 13.8. The van der Waals surface area contributed by atoms with Gasteiger partial charge in [0, 0.05) is 18.7 Å². The van der Waals surface area contributed by atoms with E-state index in [9.17, 15) is 4.79 Å². The number of hydrogen-bond acceptors (Lipinski definition) is 5. The van der Waals surface area contributed by atoms with Crippen LogP contribution in [0.4, 0.5) is 11.4 Å². The molecule has 1 aromatic heterocycles. The third-order valence-corrected chi connectivity index (χ3v) is 4.60. The number of rotatable bonds is 4. The zero-order valence-electron chi connectivity index (χ0n) is 14.6. The molecule has 0 bridgehead atoms. The number of carbonyl (C=O) groups is 1. The monoisotopic (exact) mass is 348 g/mol. The Labute approximate surface area is 151 Å². The highest BCUT2D eigenvalue weighted by molar-refractivity contribution is 6.06. The first-order valence-electron chi connectivity index (χ1n) is 8.71. The van der Waals surface area contributed by atoms with Crippen LogP contribution in [0.5, 0.6) is 0 Å². The van der Waals surface area contributed by atoms with Gasteiger partial charge in [-0.2, -0.15) is 0 Å². The van der Waals surface area contributed by atoms with Gasteiger partial charge in [-0.3, -0.25) is 4.79 Å². The minimum atomic E-state index is -0.126. The van der Waals surface area contributed by atoms with E-state index < -0.39 is 0 Å². The molecule has 1 N–H and O–H groups in total. The summed E-state index contributed by atoms with van der Waals surface area (Å²) in [6.45, 7) is 4.00. The van der Waals surface area contributed by atoms with Crippen molar-refractivity contribution in [1.29, 1.82) is 0 Å².